The molecule has 0 radical (unpaired) electrons. The first-order chi connectivity index (χ1) is 8.27. The van der Waals surface area contributed by atoms with Gasteiger partial charge in [0.05, 0.1) is 0 Å². The van der Waals surface area contributed by atoms with Gasteiger partial charge in [-0.25, -0.2) is 0 Å². The summed E-state index contributed by atoms with van der Waals surface area (Å²) >= 11 is 3.15. The molecule has 2 rings (SSSR count). The van der Waals surface area contributed by atoms with Crippen LogP contribution in [0.5, 0.6) is 0 Å². The van der Waals surface area contributed by atoms with Gasteiger partial charge in [0.1, 0.15) is 10.9 Å². The van der Waals surface area contributed by atoms with Gasteiger partial charge in [0.15, 0.2) is 0 Å². The Kier molecular flexibility index (Phi) is 4.18. The second-order valence-corrected chi connectivity index (χ2v) is 4.78. The first-order valence-corrected chi connectivity index (χ1v) is 6.93. The molecule has 1 N–H and O–H groups in total. The average molecular weight is 298 g/mol. The number of ether oxygens (including phenoxy) is 1. The lowest BCUT2D eigenvalue weighted by Gasteiger charge is -2.37. The summed E-state index contributed by atoms with van der Waals surface area (Å²) in [7, 11) is 0. The number of alkyl halides is 1. The third-order valence-electron chi connectivity index (χ3n) is 3.13. The quantitative estimate of drug-likeness (QED) is 0.687. The molecule has 17 heavy (non-hydrogen) atoms. The minimum atomic E-state index is -0.447. The van der Waals surface area contributed by atoms with Crippen LogP contribution in [0.2, 0.25) is 0 Å². The molecular weight excluding hydrogens is 282 g/mol. The number of piperidine rings is 1. The molecule has 0 aromatic heterocycles. The summed E-state index contributed by atoms with van der Waals surface area (Å²) in [5, 5.41) is 3.54. The molecule has 0 atom stereocenters. The van der Waals surface area contributed by atoms with Crippen molar-refractivity contribution in [2.24, 2.45) is 0 Å². The fraction of sp³-hybridized carbons (Fsp3) is 0.462. The van der Waals surface area contributed by atoms with E-state index in [1.165, 1.54) is 0 Å². The van der Waals surface area contributed by atoms with Crippen molar-refractivity contribution < 1.29 is 9.53 Å². The van der Waals surface area contributed by atoms with Gasteiger partial charge < -0.3 is 10.1 Å². The Hall–Kier alpha value is -0.870. The molecule has 0 saturated carbocycles. The van der Waals surface area contributed by atoms with Crippen LogP contribution in [-0.2, 0) is 15.1 Å². The number of hydrogen-bond donors (Lipinski definition) is 1. The molecule has 1 aliphatic rings. The second-order valence-electron chi connectivity index (χ2n) is 4.22. The van der Waals surface area contributed by atoms with E-state index >= 15 is 0 Å². The van der Waals surface area contributed by atoms with Gasteiger partial charge in [-0.3, -0.25) is 4.79 Å². The summed E-state index contributed by atoms with van der Waals surface area (Å²) in [6.07, 6.45) is 1.66. The zero-order chi connectivity index (χ0) is 12.1. The van der Waals surface area contributed by atoms with Crippen molar-refractivity contribution in [2.75, 3.05) is 18.4 Å². The maximum Gasteiger partial charge on any atom is 0.317 e. The van der Waals surface area contributed by atoms with Crippen molar-refractivity contribution in [3.63, 3.8) is 0 Å². The van der Waals surface area contributed by atoms with Crippen LogP contribution in [0.15, 0.2) is 30.3 Å². The lowest BCUT2D eigenvalue weighted by Crippen LogP contribution is -2.43. The van der Waals surface area contributed by atoms with Crippen molar-refractivity contribution in [3.05, 3.63) is 35.9 Å². The van der Waals surface area contributed by atoms with E-state index < -0.39 is 5.60 Å². The van der Waals surface area contributed by atoms with E-state index in [-0.39, 0.29) is 11.3 Å². The number of benzene rings is 1. The molecule has 1 aliphatic heterocycles. The highest BCUT2D eigenvalue weighted by Gasteiger charge is 2.37. The molecule has 0 unspecified atom stereocenters. The van der Waals surface area contributed by atoms with Gasteiger partial charge in [0.2, 0.25) is 0 Å². The molecule has 0 aliphatic carbocycles. The first kappa shape index (κ1) is 12.6. The highest BCUT2D eigenvalue weighted by atomic mass is 79.9. The van der Waals surface area contributed by atoms with Crippen molar-refractivity contribution in [1.29, 1.82) is 0 Å². The number of halogens is 1. The van der Waals surface area contributed by atoms with E-state index in [4.69, 9.17) is 4.74 Å². The summed E-state index contributed by atoms with van der Waals surface area (Å²) in [6, 6.07) is 10.0. The van der Waals surface area contributed by atoms with Crippen LogP contribution in [0.1, 0.15) is 18.4 Å². The number of carbonyl (C=O) groups is 1. The number of carbonyl (C=O) groups excluding carboxylic acids is 1. The molecule has 0 bridgehead atoms. The monoisotopic (exact) mass is 297 g/mol. The predicted octanol–water partition coefficient (Wildman–Crippen LogP) is 2.20. The molecule has 92 valence electrons. The Morgan fingerprint density at radius 3 is 2.53 bits per heavy atom. The lowest BCUT2D eigenvalue weighted by atomic mass is 9.85. The topological polar surface area (TPSA) is 38.3 Å². The largest absolute Gasteiger partial charge is 0.453 e. The third-order valence-corrected chi connectivity index (χ3v) is 3.59. The smallest absolute Gasteiger partial charge is 0.317 e. The SMILES string of the molecule is O=C(CBr)OC1(c2ccccc2)CCNCC1. The fourth-order valence-corrected chi connectivity index (χ4v) is 2.38. The van der Waals surface area contributed by atoms with E-state index in [1.54, 1.807) is 0 Å². The van der Waals surface area contributed by atoms with Gasteiger partial charge in [-0.15, -0.1) is 0 Å². The van der Waals surface area contributed by atoms with Crippen LogP contribution in [0, 0.1) is 0 Å². The summed E-state index contributed by atoms with van der Waals surface area (Å²) in [5.41, 5.74) is 0.646. The van der Waals surface area contributed by atoms with Crippen molar-refractivity contribution in [2.45, 2.75) is 18.4 Å². The average Bonchev–Trinajstić information content (AvgIpc) is 2.40. The van der Waals surface area contributed by atoms with Crippen LogP contribution in [-0.4, -0.2) is 24.4 Å². The Balaban J connectivity index is 2.26. The van der Waals surface area contributed by atoms with Gasteiger partial charge in [-0.2, -0.15) is 0 Å². The zero-order valence-electron chi connectivity index (χ0n) is 9.62. The van der Waals surface area contributed by atoms with Crippen LogP contribution in [0.4, 0.5) is 0 Å². The molecule has 0 spiro atoms. The Morgan fingerprint density at radius 1 is 1.29 bits per heavy atom. The fourth-order valence-electron chi connectivity index (χ4n) is 2.27. The van der Waals surface area contributed by atoms with Gasteiger partial charge in [-0.05, 0) is 18.7 Å². The first-order valence-electron chi connectivity index (χ1n) is 5.81. The summed E-state index contributed by atoms with van der Waals surface area (Å²) in [6.45, 7) is 1.76. The van der Waals surface area contributed by atoms with Crippen molar-refractivity contribution in [1.82, 2.24) is 5.32 Å². The third kappa shape index (κ3) is 2.87. The molecule has 1 aromatic rings. The maximum absolute atomic E-state index is 11.6. The second kappa shape index (κ2) is 5.65. The highest BCUT2D eigenvalue weighted by molar-refractivity contribution is 9.09. The Labute approximate surface area is 110 Å². The van der Waals surface area contributed by atoms with Gasteiger partial charge in [-0.1, -0.05) is 46.3 Å². The van der Waals surface area contributed by atoms with Crippen LogP contribution in [0.3, 0.4) is 0 Å². The normalized spacial score (nSPS) is 18.6. The lowest BCUT2D eigenvalue weighted by molar-refractivity contribution is -0.160. The summed E-state index contributed by atoms with van der Waals surface area (Å²) < 4.78 is 5.69. The molecule has 1 saturated heterocycles. The van der Waals surface area contributed by atoms with Crippen molar-refractivity contribution >= 4 is 21.9 Å². The van der Waals surface area contributed by atoms with Gasteiger partial charge in [0, 0.05) is 12.8 Å². The number of hydrogen-bond acceptors (Lipinski definition) is 3. The Morgan fingerprint density at radius 2 is 1.94 bits per heavy atom. The molecular formula is C13H16BrNO2. The molecule has 1 aromatic carbocycles. The van der Waals surface area contributed by atoms with E-state index in [1.807, 2.05) is 30.3 Å². The van der Waals surface area contributed by atoms with E-state index in [0.29, 0.717) is 0 Å². The maximum atomic E-state index is 11.6. The number of rotatable bonds is 3. The molecule has 3 nitrogen and oxygen atoms in total. The van der Waals surface area contributed by atoms with E-state index in [2.05, 4.69) is 21.2 Å². The van der Waals surface area contributed by atoms with Gasteiger partial charge >= 0.3 is 5.97 Å². The standard InChI is InChI=1S/C13H16BrNO2/c14-10-12(16)17-13(6-8-15-9-7-13)11-4-2-1-3-5-11/h1-5,15H,6-10H2. The molecule has 0 amide bonds. The molecule has 1 fully saturated rings. The minimum Gasteiger partial charge on any atom is -0.453 e. The molecule has 1 heterocycles. The highest BCUT2D eigenvalue weighted by Crippen LogP contribution is 2.34. The number of esters is 1. The minimum absolute atomic E-state index is 0.198. The van der Waals surface area contributed by atoms with E-state index in [9.17, 15) is 4.79 Å². The Bertz CT molecular complexity index is 374. The van der Waals surface area contributed by atoms with Crippen LogP contribution >= 0.6 is 15.9 Å². The van der Waals surface area contributed by atoms with Crippen LogP contribution in [0.25, 0.3) is 0 Å². The zero-order valence-corrected chi connectivity index (χ0v) is 11.2. The van der Waals surface area contributed by atoms with Gasteiger partial charge in [0.25, 0.3) is 0 Å². The summed E-state index contributed by atoms with van der Waals surface area (Å²) in [5.74, 6) is -0.198. The van der Waals surface area contributed by atoms with Crippen LogP contribution < -0.4 is 5.32 Å². The number of nitrogens with one attached hydrogen (secondary N) is 1. The van der Waals surface area contributed by atoms with E-state index in [0.717, 1.165) is 31.5 Å². The summed E-state index contributed by atoms with van der Waals surface area (Å²) in [4.78, 5) is 11.6. The van der Waals surface area contributed by atoms with Crippen molar-refractivity contribution in [3.8, 4) is 0 Å². The predicted molar refractivity (Wildman–Crippen MR) is 70.1 cm³/mol. The molecule has 4 heteroatoms.